The molecule has 0 spiro atoms. The standard InChI is InChI=1S/C22H21BrN2O3/c1-26-19-10-8-18(9-11-19)25-24-14-17-12-20(23)22(21(13-17)27-2)28-15-16-6-4-3-5-7-16/h3-14,25H,15H2,1-2H3/b24-14+. The van der Waals surface area contributed by atoms with Gasteiger partial charge in [-0.1, -0.05) is 30.3 Å². The van der Waals surface area contributed by atoms with Crippen LogP contribution >= 0.6 is 15.9 Å². The quantitative estimate of drug-likeness (QED) is 0.371. The van der Waals surface area contributed by atoms with Crippen LogP contribution < -0.4 is 19.6 Å². The molecule has 0 aliphatic heterocycles. The van der Waals surface area contributed by atoms with Crippen LogP contribution in [0.3, 0.4) is 0 Å². The van der Waals surface area contributed by atoms with E-state index in [1.807, 2.05) is 66.7 Å². The Labute approximate surface area is 173 Å². The van der Waals surface area contributed by atoms with Gasteiger partial charge in [-0.3, -0.25) is 5.43 Å². The Morgan fingerprint density at radius 3 is 2.39 bits per heavy atom. The van der Waals surface area contributed by atoms with E-state index in [1.54, 1.807) is 20.4 Å². The van der Waals surface area contributed by atoms with Gasteiger partial charge in [0.05, 0.1) is 30.6 Å². The molecule has 0 saturated heterocycles. The highest BCUT2D eigenvalue weighted by molar-refractivity contribution is 9.10. The molecule has 0 amide bonds. The summed E-state index contributed by atoms with van der Waals surface area (Å²) in [6, 6.07) is 21.3. The van der Waals surface area contributed by atoms with E-state index >= 15 is 0 Å². The van der Waals surface area contributed by atoms with Gasteiger partial charge in [-0.25, -0.2) is 0 Å². The number of halogens is 1. The van der Waals surface area contributed by atoms with Crippen molar-refractivity contribution < 1.29 is 14.2 Å². The van der Waals surface area contributed by atoms with Crippen LogP contribution in [0, 0.1) is 0 Å². The Hall–Kier alpha value is -2.99. The normalized spacial score (nSPS) is 10.7. The number of nitrogens with one attached hydrogen (secondary N) is 1. The smallest absolute Gasteiger partial charge is 0.175 e. The van der Waals surface area contributed by atoms with E-state index in [4.69, 9.17) is 14.2 Å². The average molecular weight is 441 g/mol. The van der Waals surface area contributed by atoms with Crippen molar-refractivity contribution >= 4 is 27.8 Å². The van der Waals surface area contributed by atoms with Gasteiger partial charge in [-0.15, -0.1) is 0 Å². The molecule has 0 aromatic heterocycles. The summed E-state index contributed by atoms with van der Waals surface area (Å²) >= 11 is 3.56. The van der Waals surface area contributed by atoms with Crippen LogP contribution in [0.4, 0.5) is 5.69 Å². The summed E-state index contributed by atoms with van der Waals surface area (Å²) in [5, 5.41) is 4.27. The Kier molecular flexibility index (Phi) is 6.92. The molecule has 0 saturated carbocycles. The molecular formula is C22H21BrN2O3. The van der Waals surface area contributed by atoms with E-state index in [0.29, 0.717) is 18.1 Å². The zero-order valence-electron chi connectivity index (χ0n) is 15.7. The molecular weight excluding hydrogens is 420 g/mol. The van der Waals surface area contributed by atoms with Gasteiger partial charge in [0.2, 0.25) is 0 Å². The fraction of sp³-hybridized carbons (Fsp3) is 0.136. The van der Waals surface area contributed by atoms with Crippen molar-refractivity contribution in [3.05, 3.63) is 82.3 Å². The third-order valence-electron chi connectivity index (χ3n) is 3.98. The maximum Gasteiger partial charge on any atom is 0.175 e. The van der Waals surface area contributed by atoms with Crippen molar-refractivity contribution in [3.63, 3.8) is 0 Å². The minimum Gasteiger partial charge on any atom is -0.497 e. The number of anilines is 1. The van der Waals surface area contributed by atoms with Crippen LogP contribution in [0.5, 0.6) is 17.2 Å². The van der Waals surface area contributed by atoms with Crippen LogP contribution in [0.1, 0.15) is 11.1 Å². The number of hydrogen-bond donors (Lipinski definition) is 1. The van der Waals surface area contributed by atoms with Crippen LogP contribution in [-0.4, -0.2) is 20.4 Å². The first-order valence-electron chi connectivity index (χ1n) is 8.67. The zero-order valence-corrected chi connectivity index (χ0v) is 17.3. The van der Waals surface area contributed by atoms with Crippen molar-refractivity contribution in [2.45, 2.75) is 6.61 Å². The summed E-state index contributed by atoms with van der Waals surface area (Å²) in [7, 11) is 3.26. The fourth-order valence-electron chi connectivity index (χ4n) is 2.53. The zero-order chi connectivity index (χ0) is 19.8. The molecule has 6 heteroatoms. The summed E-state index contributed by atoms with van der Waals surface area (Å²) in [6.45, 7) is 0.461. The predicted octanol–water partition coefficient (Wildman–Crippen LogP) is 5.49. The van der Waals surface area contributed by atoms with E-state index in [1.165, 1.54) is 0 Å². The first-order chi connectivity index (χ1) is 13.7. The summed E-state index contributed by atoms with van der Waals surface area (Å²) in [5.74, 6) is 2.09. The first kappa shape index (κ1) is 19.8. The number of nitrogens with zero attached hydrogens (tertiary/aromatic N) is 1. The van der Waals surface area contributed by atoms with E-state index in [9.17, 15) is 0 Å². The van der Waals surface area contributed by atoms with Gasteiger partial charge < -0.3 is 14.2 Å². The lowest BCUT2D eigenvalue weighted by molar-refractivity contribution is 0.282. The number of hydrogen-bond acceptors (Lipinski definition) is 5. The maximum absolute atomic E-state index is 5.95. The second-order valence-electron chi connectivity index (χ2n) is 5.91. The second-order valence-corrected chi connectivity index (χ2v) is 6.76. The lowest BCUT2D eigenvalue weighted by Gasteiger charge is -2.13. The molecule has 3 rings (SSSR count). The van der Waals surface area contributed by atoms with Gasteiger partial charge in [0.25, 0.3) is 0 Å². The summed E-state index contributed by atoms with van der Waals surface area (Å²) < 4.78 is 17.4. The highest BCUT2D eigenvalue weighted by Crippen LogP contribution is 2.36. The monoisotopic (exact) mass is 440 g/mol. The van der Waals surface area contributed by atoms with Crippen molar-refractivity contribution in [1.82, 2.24) is 0 Å². The molecule has 28 heavy (non-hydrogen) atoms. The largest absolute Gasteiger partial charge is 0.497 e. The van der Waals surface area contributed by atoms with Gasteiger partial charge in [0.15, 0.2) is 11.5 Å². The lowest BCUT2D eigenvalue weighted by atomic mass is 10.2. The molecule has 0 aliphatic rings. The van der Waals surface area contributed by atoms with Gasteiger partial charge in [-0.05, 0) is 63.5 Å². The summed E-state index contributed by atoms with van der Waals surface area (Å²) in [6.07, 6.45) is 1.72. The molecule has 5 nitrogen and oxygen atoms in total. The Bertz CT molecular complexity index is 929. The third kappa shape index (κ3) is 5.27. The molecule has 1 N–H and O–H groups in total. The Morgan fingerprint density at radius 1 is 0.964 bits per heavy atom. The minimum absolute atomic E-state index is 0.461. The van der Waals surface area contributed by atoms with Crippen molar-refractivity contribution in [3.8, 4) is 17.2 Å². The summed E-state index contributed by atoms with van der Waals surface area (Å²) in [5.41, 5.74) is 5.82. The van der Waals surface area contributed by atoms with Crippen LogP contribution in [0.15, 0.2) is 76.3 Å². The van der Waals surface area contributed by atoms with Crippen molar-refractivity contribution in [2.24, 2.45) is 5.10 Å². The molecule has 0 fully saturated rings. The highest BCUT2D eigenvalue weighted by Gasteiger charge is 2.11. The molecule has 0 atom stereocenters. The van der Waals surface area contributed by atoms with E-state index in [2.05, 4.69) is 26.5 Å². The van der Waals surface area contributed by atoms with Crippen LogP contribution in [-0.2, 0) is 6.61 Å². The molecule has 3 aromatic rings. The molecule has 0 radical (unpaired) electrons. The number of hydrazone groups is 1. The average Bonchev–Trinajstić information content (AvgIpc) is 2.74. The van der Waals surface area contributed by atoms with Gasteiger partial charge in [-0.2, -0.15) is 5.10 Å². The lowest BCUT2D eigenvalue weighted by Crippen LogP contribution is -2.00. The van der Waals surface area contributed by atoms with E-state index < -0.39 is 0 Å². The van der Waals surface area contributed by atoms with Crippen LogP contribution in [0.2, 0.25) is 0 Å². The third-order valence-corrected chi connectivity index (χ3v) is 4.56. The molecule has 3 aromatic carbocycles. The molecule has 144 valence electrons. The molecule has 0 aliphatic carbocycles. The second kappa shape index (κ2) is 9.80. The number of benzene rings is 3. The van der Waals surface area contributed by atoms with Crippen molar-refractivity contribution in [1.29, 1.82) is 0 Å². The van der Waals surface area contributed by atoms with Gasteiger partial charge >= 0.3 is 0 Å². The Balaban J connectivity index is 1.69. The number of methoxy groups -OCH3 is 2. The van der Waals surface area contributed by atoms with E-state index in [0.717, 1.165) is 27.0 Å². The summed E-state index contributed by atoms with van der Waals surface area (Å²) in [4.78, 5) is 0. The van der Waals surface area contributed by atoms with Crippen molar-refractivity contribution in [2.75, 3.05) is 19.6 Å². The fourth-order valence-corrected chi connectivity index (χ4v) is 3.11. The minimum atomic E-state index is 0.461. The molecule has 0 bridgehead atoms. The van der Waals surface area contributed by atoms with Crippen LogP contribution in [0.25, 0.3) is 0 Å². The Morgan fingerprint density at radius 2 is 1.71 bits per heavy atom. The maximum atomic E-state index is 5.95. The molecule has 0 unspecified atom stereocenters. The van der Waals surface area contributed by atoms with E-state index in [-0.39, 0.29) is 0 Å². The highest BCUT2D eigenvalue weighted by atomic mass is 79.9. The van der Waals surface area contributed by atoms with Gasteiger partial charge in [0.1, 0.15) is 12.4 Å². The molecule has 0 heterocycles. The number of rotatable bonds is 8. The first-order valence-corrected chi connectivity index (χ1v) is 9.46. The van der Waals surface area contributed by atoms with Gasteiger partial charge in [0, 0.05) is 0 Å². The predicted molar refractivity (Wildman–Crippen MR) is 116 cm³/mol. The SMILES string of the molecule is COc1ccc(N/N=C/c2cc(Br)c(OCc3ccccc3)c(OC)c2)cc1. The topological polar surface area (TPSA) is 52.1 Å². The number of ether oxygens (including phenoxy) is 3.